The highest BCUT2D eigenvalue weighted by Crippen LogP contribution is 2.28. The number of nitrogens with one attached hydrogen (secondary N) is 1. The van der Waals surface area contributed by atoms with E-state index in [0.717, 1.165) is 32.7 Å². The van der Waals surface area contributed by atoms with Crippen molar-refractivity contribution in [1.82, 2.24) is 10.2 Å². The first-order chi connectivity index (χ1) is 6.79. The molecule has 1 N–H and O–H groups in total. The lowest BCUT2D eigenvalue weighted by atomic mass is 9.89. The first-order valence-corrected chi connectivity index (χ1v) is 5.32. The number of carbonyl (C=O) groups excluding carboxylic acids is 1. The minimum atomic E-state index is 0.169. The molecule has 0 aromatic rings. The molecule has 0 aromatic carbocycles. The van der Waals surface area contributed by atoms with Crippen LogP contribution >= 0.6 is 0 Å². The smallest absolute Gasteiger partial charge is 0.220 e. The molecule has 1 amide bonds. The van der Waals surface area contributed by atoms with Crippen LogP contribution in [0.25, 0.3) is 0 Å². The van der Waals surface area contributed by atoms with Crippen LogP contribution in [0.1, 0.15) is 19.3 Å². The van der Waals surface area contributed by atoms with Gasteiger partial charge in [0.05, 0.1) is 13.3 Å². The van der Waals surface area contributed by atoms with Crippen molar-refractivity contribution in [3.8, 4) is 0 Å². The summed E-state index contributed by atoms with van der Waals surface area (Å²) in [5.74, 6) is 0.722. The average molecular weight is 198 g/mol. The van der Waals surface area contributed by atoms with Gasteiger partial charge in [-0.2, -0.15) is 0 Å². The first kappa shape index (κ1) is 9.93. The Kier molecular flexibility index (Phi) is 3.03. The van der Waals surface area contributed by atoms with Crippen LogP contribution in [-0.2, 0) is 9.53 Å². The predicted molar refractivity (Wildman–Crippen MR) is 52.7 cm³/mol. The van der Waals surface area contributed by atoms with Gasteiger partial charge in [0.25, 0.3) is 0 Å². The van der Waals surface area contributed by atoms with Crippen molar-refractivity contribution in [3.63, 3.8) is 0 Å². The molecule has 0 saturated carbocycles. The van der Waals surface area contributed by atoms with Crippen molar-refractivity contribution in [2.24, 2.45) is 5.92 Å². The van der Waals surface area contributed by atoms with E-state index in [9.17, 15) is 4.79 Å². The summed E-state index contributed by atoms with van der Waals surface area (Å²) in [6, 6.07) is 0.568. The van der Waals surface area contributed by atoms with Crippen LogP contribution in [-0.4, -0.2) is 43.8 Å². The highest BCUT2D eigenvalue weighted by Gasteiger charge is 2.32. The van der Waals surface area contributed by atoms with Crippen molar-refractivity contribution < 1.29 is 9.53 Å². The second kappa shape index (κ2) is 4.28. The number of amides is 1. The van der Waals surface area contributed by atoms with Crippen molar-refractivity contribution in [1.29, 1.82) is 0 Å². The summed E-state index contributed by atoms with van der Waals surface area (Å²) in [5.41, 5.74) is 0. The molecule has 0 radical (unpaired) electrons. The number of fused-ring (bicyclic) bond motifs is 1. The standard InChI is InChI=1S/C10H18N2O2/c1-11-10(13)5-8-2-3-12-7-14-6-9(12)4-8/h8-9H,2-7H2,1H3,(H,11,13). The zero-order valence-electron chi connectivity index (χ0n) is 8.66. The Labute approximate surface area is 84.6 Å². The number of rotatable bonds is 2. The average Bonchev–Trinajstić information content (AvgIpc) is 2.64. The Balaban J connectivity index is 1.82. The molecule has 2 aliphatic rings. The summed E-state index contributed by atoms with van der Waals surface area (Å²) in [6.07, 6.45) is 2.93. The van der Waals surface area contributed by atoms with Crippen molar-refractivity contribution in [3.05, 3.63) is 0 Å². The molecule has 0 aromatic heterocycles. The molecule has 2 unspecified atom stereocenters. The molecular formula is C10H18N2O2. The zero-order chi connectivity index (χ0) is 9.97. The second-order valence-corrected chi connectivity index (χ2v) is 4.23. The number of hydrogen-bond donors (Lipinski definition) is 1. The van der Waals surface area contributed by atoms with Crippen LogP contribution < -0.4 is 5.32 Å². The van der Waals surface area contributed by atoms with E-state index < -0.39 is 0 Å². The van der Waals surface area contributed by atoms with Crippen LogP contribution in [0.2, 0.25) is 0 Å². The van der Waals surface area contributed by atoms with Crippen molar-refractivity contribution in [2.45, 2.75) is 25.3 Å². The molecule has 0 aliphatic carbocycles. The molecular weight excluding hydrogens is 180 g/mol. The van der Waals surface area contributed by atoms with Gasteiger partial charge in [-0.1, -0.05) is 0 Å². The summed E-state index contributed by atoms with van der Waals surface area (Å²) in [5, 5.41) is 2.69. The van der Waals surface area contributed by atoms with Gasteiger partial charge in [0.1, 0.15) is 0 Å². The molecule has 0 bridgehead atoms. The van der Waals surface area contributed by atoms with E-state index in [1.807, 2.05) is 0 Å². The topological polar surface area (TPSA) is 41.6 Å². The maximum absolute atomic E-state index is 11.2. The number of nitrogens with zero attached hydrogens (tertiary/aromatic N) is 1. The monoisotopic (exact) mass is 198 g/mol. The van der Waals surface area contributed by atoms with Gasteiger partial charge < -0.3 is 10.1 Å². The van der Waals surface area contributed by atoms with Gasteiger partial charge in [-0.3, -0.25) is 9.69 Å². The second-order valence-electron chi connectivity index (χ2n) is 4.23. The third kappa shape index (κ3) is 2.07. The number of piperidine rings is 1. The molecule has 2 rings (SSSR count). The predicted octanol–water partition coefficient (Wildman–Crippen LogP) is 0.191. The molecule has 2 fully saturated rings. The SMILES string of the molecule is CNC(=O)CC1CCN2COCC2C1. The van der Waals surface area contributed by atoms with Gasteiger partial charge in [0.2, 0.25) is 5.91 Å². The Hall–Kier alpha value is -0.610. The van der Waals surface area contributed by atoms with Crippen LogP contribution in [0.15, 0.2) is 0 Å². The molecule has 80 valence electrons. The summed E-state index contributed by atoms with van der Waals surface area (Å²) in [6.45, 7) is 2.73. The molecule has 0 spiro atoms. The molecule has 2 aliphatic heterocycles. The van der Waals surface area contributed by atoms with E-state index in [1.54, 1.807) is 7.05 Å². The maximum atomic E-state index is 11.2. The van der Waals surface area contributed by atoms with Crippen molar-refractivity contribution in [2.75, 3.05) is 26.9 Å². The van der Waals surface area contributed by atoms with E-state index in [1.165, 1.54) is 0 Å². The quantitative estimate of drug-likeness (QED) is 0.688. The number of ether oxygens (including phenoxy) is 1. The third-order valence-electron chi connectivity index (χ3n) is 3.27. The van der Waals surface area contributed by atoms with Gasteiger partial charge in [-0.25, -0.2) is 0 Å². The minimum absolute atomic E-state index is 0.169. The van der Waals surface area contributed by atoms with Crippen LogP contribution in [0.3, 0.4) is 0 Å². The summed E-state index contributed by atoms with van der Waals surface area (Å²) in [4.78, 5) is 13.6. The summed E-state index contributed by atoms with van der Waals surface area (Å²) in [7, 11) is 1.70. The Morgan fingerprint density at radius 2 is 2.50 bits per heavy atom. The molecule has 4 nitrogen and oxygen atoms in total. The molecule has 4 heteroatoms. The molecule has 14 heavy (non-hydrogen) atoms. The summed E-state index contributed by atoms with van der Waals surface area (Å²) >= 11 is 0. The van der Waals surface area contributed by atoms with Crippen LogP contribution in [0.5, 0.6) is 0 Å². The van der Waals surface area contributed by atoms with E-state index in [0.29, 0.717) is 18.4 Å². The Morgan fingerprint density at radius 3 is 3.29 bits per heavy atom. The highest BCUT2D eigenvalue weighted by molar-refractivity contribution is 5.75. The molecule has 2 heterocycles. The lowest BCUT2D eigenvalue weighted by Gasteiger charge is -2.32. The van der Waals surface area contributed by atoms with Crippen LogP contribution in [0.4, 0.5) is 0 Å². The fourth-order valence-corrected chi connectivity index (χ4v) is 2.38. The maximum Gasteiger partial charge on any atom is 0.220 e. The summed E-state index contributed by atoms with van der Waals surface area (Å²) < 4.78 is 5.40. The number of hydrogen-bond acceptors (Lipinski definition) is 3. The third-order valence-corrected chi connectivity index (χ3v) is 3.27. The first-order valence-electron chi connectivity index (χ1n) is 5.32. The Morgan fingerprint density at radius 1 is 1.64 bits per heavy atom. The van der Waals surface area contributed by atoms with Crippen LogP contribution in [0, 0.1) is 5.92 Å². The largest absolute Gasteiger partial charge is 0.364 e. The van der Waals surface area contributed by atoms with E-state index in [2.05, 4.69) is 10.2 Å². The van der Waals surface area contributed by atoms with E-state index >= 15 is 0 Å². The van der Waals surface area contributed by atoms with Gasteiger partial charge in [0, 0.05) is 26.1 Å². The van der Waals surface area contributed by atoms with Gasteiger partial charge in [0.15, 0.2) is 0 Å². The zero-order valence-corrected chi connectivity index (χ0v) is 8.66. The normalized spacial score (nSPS) is 32.6. The fourth-order valence-electron chi connectivity index (χ4n) is 2.38. The highest BCUT2D eigenvalue weighted by atomic mass is 16.5. The Bertz CT molecular complexity index is 220. The molecule has 2 saturated heterocycles. The van der Waals surface area contributed by atoms with Gasteiger partial charge in [-0.15, -0.1) is 0 Å². The van der Waals surface area contributed by atoms with E-state index in [4.69, 9.17) is 4.74 Å². The molecule has 2 atom stereocenters. The number of carbonyl (C=O) groups is 1. The lowest BCUT2D eigenvalue weighted by Crippen LogP contribution is -2.40. The van der Waals surface area contributed by atoms with Gasteiger partial charge >= 0.3 is 0 Å². The van der Waals surface area contributed by atoms with E-state index in [-0.39, 0.29) is 5.91 Å². The van der Waals surface area contributed by atoms with Crippen molar-refractivity contribution >= 4 is 5.91 Å². The minimum Gasteiger partial charge on any atom is -0.364 e. The lowest BCUT2D eigenvalue weighted by molar-refractivity contribution is -0.121. The van der Waals surface area contributed by atoms with Gasteiger partial charge in [-0.05, 0) is 18.8 Å². The fraction of sp³-hybridized carbons (Fsp3) is 0.900.